The monoisotopic (exact) mass is 249 g/mol. The molecule has 1 aromatic rings. The van der Waals surface area contributed by atoms with Gasteiger partial charge in [-0.1, -0.05) is 19.1 Å². The Morgan fingerprint density at radius 1 is 1.22 bits per heavy atom. The van der Waals surface area contributed by atoms with Gasteiger partial charge in [-0.3, -0.25) is 9.59 Å². The van der Waals surface area contributed by atoms with Crippen molar-refractivity contribution in [2.24, 2.45) is 0 Å². The van der Waals surface area contributed by atoms with Crippen LogP contribution in [0, 0.1) is 0 Å². The molecule has 98 valence electrons. The van der Waals surface area contributed by atoms with Gasteiger partial charge < -0.3 is 10.1 Å². The topological polar surface area (TPSA) is 55.4 Å². The Morgan fingerprint density at radius 2 is 1.83 bits per heavy atom. The van der Waals surface area contributed by atoms with Crippen LogP contribution in [0.5, 0.6) is 0 Å². The van der Waals surface area contributed by atoms with Crippen molar-refractivity contribution in [3.8, 4) is 0 Å². The summed E-state index contributed by atoms with van der Waals surface area (Å²) in [5, 5.41) is 2.69. The summed E-state index contributed by atoms with van der Waals surface area (Å²) in [6.45, 7) is 5.59. The number of carbonyl (C=O) groups excluding carboxylic acids is 2. The van der Waals surface area contributed by atoms with Crippen LogP contribution < -0.4 is 5.32 Å². The molecule has 1 atom stereocenters. The molecule has 0 heterocycles. The van der Waals surface area contributed by atoms with Crippen molar-refractivity contribution in [2.45, 2.75) is 33.1 Å². The molecular weight excluding hydrogens is 230 g/mol. The van der Waals surface area contributed by atoms with Crippen LogP contribution in [0.15, 0.2) is 24.3 Å². The summed E-state index contributed by atoms with van der Waals surface area (Å²) in [4.78, 5) is 22.6. The molecule has 4 heteroatoms. The predicted molar refractivity (Wildman–Crippen MR) is 70.4 cm³/mol. The number of amides is 1. The van der Waals surface area contributed by atoms with Gasteiger partial charge in [-0.2, -0.15) is 0 Å². The van der Waals surface area contributed by atoms with E-state index in [1.807, 2.05) is 19.1 Å². The van der Waals surface area contributed by atoms with Crippen molar-refractivity contribution < 1.29 is 14.3 Å². The Labute approximate surface area is 107 Å². The fourth-order valence-corrected chi connectivity index (χ4v) is 1.78. The van der Waals surface area contributed by atoms with E-state index in [2.05, 4.69) is 5.32 Å². The zero-order valence-corrected chi connectivity index (χ0v) is 11.0. The maximum atomic E-state index is 11.7. The minimum absolute atomic E-state index is 0.111. The summed E-state index contributed by atoms with van der Waals surface area (Å²) in [7, 11) is 0. The second kappa shape index (κ2) is 6.79. The Morgan fingerprint density at radius 3 is 2.28 bits per heavy atom. The summed E-state index contributed by atoms with van der Waals surface area (Å²) in [6, 6.07) is 7.27. The zero-order chi connectivity index (χ0) is 13.5. The number of carbonyl (C=O) groups is 2. The molecule has 0 aromatic heterocycles. The van der Waals surface area contributed by atoms with Gasteiger partial charge in [-0.15, -0.1) is 0 Å². The highest BCUT2D eigenvalue weighted by Gasteiger charge is 2.19. The maximum absolute atomic E-state index is 11.7. The van der Waals surface area contributed by atoms with Crippen molar-refractivity contribution >= 4 is 17.6 Å². The van der Waals surface area contributed by atoms with Crippen molar-refractivity contribution in [2.75, 3.05) is 11.9 Å². The summed E-state index contributed by atoms with van der Waals surface area (Å²) in [6.07, 6.45) is 0.693. The zero-order valence-electron chi connectivity index (χ0n) is 11.0. The molecule has 4 nitrogen and oxygen atoms in total. The summed E-state index contributed by atoms with van der Waals surface area (Å²) >= 11 is 0. The molecular formula is C14H19NO3. The number of esters is 1. The highest BCUT2D eigenvalue weighted by molar-refractivity contribution is 5.88. The van der Waals surface area contributed by atoms with Crippen molar-refractivity contribution in [3.05, 3.63) is 29.8 Å². The van der Waals surface area contributed by atoms with Crippen LogP contribution in [0.3, 0.4) is 0 Å². The minimum Gasteiger partial charge on any atom is -0.466 e. The van der Waals surface area contributed by atoms with Crippen LogP contribution in [0.1, 0.15) is 38.7 Å². The minimum atomic E-state index is -0.240. The molecule has 0 aliphatic carbocycles. The van der Waals surface area contributed by atoms with Gasteiger partial charge in [-0.05, 0) is 31.0 Å². The van der Waals surface area contributed by atoms with Crippen LogP contribution >= 0.6 is 0 Å². The first-order valence-electron chi connectivity index (χ1n) is 6.12. The van der Waals surface area contributed by atoms with Crippen molar-refractivity contribution in [3.63, 3.8) is 0 Å². The predicted octanol–water partition coefficient (Wildman–Crippen LogP) is 2.70. The lowest BCUT2D eigenvalue weighted by atomic mass is 9.96. The smallest absolute Gasteiger partial charge is 0.313 e. The Kier molecular flexibility index (Phi) is 5.36. The molecule has 0 aliphatic heterocycles. The van der Waals surface area contributed by atoms with Gasteiger partial charge in [0, 0.05) is 12.6 Å². The highest BCUT2D eigenvalue weighted by atomic mass is 16.5. The molecule has 1 aromatic carbocycles. The second-order valence-corrected chi connectivity index (χ2v) is 4.02. The van der Waals surface area contributed by atoms with Gasteiger partial charge >= 0.3 is 5.97 Å². The highest BCUT2D eigenvalue weighted by Crippen LogP contribution is 2.22. The van der Waals surface area contributed by atoms with Crippen LogP contribution in [0.2, 0.25) is 0 Å². The average Bonchev–Trinajstić information content (AvgIpc) is 2.32. The third kappa shape index (κ3) is 3.87. The Balaban J connectivity index is 2.81. The molecule has 0 saturated carbocycles. The van der Waals surface area contributed by atoms with E-state index in [-0.39, 0.29) is 17.8 Å². The lowest BCUT2D eigenvalue weighted by Crippen LogP contribution is -2.15. The molecule has 1 amide bonds. The molecule has 0 aliphatic rings. The number of anilines is 1. The number of hydrogen-bond donors (Lipinski definition) is 1. The van der Waals surface area contributed by atoms with Gasteiger partial charge in [0.05, 0.1) is 12.5 Å². The van der Waals surface area contributed by atoms with E-state index in [0.717, 1.165) is 11.3 Å². The van der Waals surface area contributed by atoms with Gasteiger partial charge in [0.1, 0.15) is 0 Å². The normalized spacial score (nSPS) is 11.7. The SMILES string of the molecule is CCOC(=O)[C@@H](CC)c1ccc(NC(C)=O)cc1. The third-order valence-electron chi connectivity index (χ3n) is 2.61. The van der Waals surface area contributed by atoms with Crippen LogP contribution in [0.4, 0.5) is 5.69 Å². The van der Waals surface area contributed by atoms with E-state index in [1.165, 1.54) is 6.92 Å². The van der Waals surface area contributed by atoms with Crippen molar-refractivity contribution in [1.29, 1.82) is 0 Å². The van der Waals surface area contributed by atoms with Crippen molar-refractivity contribution in [1.82, 2.24) is 0 Å². The molecule has 0 saturated heterocycles. The first kappa shape index (κ1) is 14.2. The Hall–Kier alpha value is -1.84. The van der Waals surface area contributed by atoms with E-state index >= 15 is 0 Å². The fraction of sp³-hybridized carbons (Fsp3) is 0.429. The largest absolute Gasteiger partial charge is 0.466 e. The molecule has 0 spiro atoms. The van der Waals surface area contributed by atoms with Gasteiger partial charge in [0.25, 0.3) is 0 Å². The number of hydrogen-bond acceptors (Lipinski definition) is 3. The fourth-order valence-electron chi connectivity index (χ4n) is 1.78. The summed E-state index contributed by atoms with van der Waals surface area (Å²) in [5.74, 6) is -0.552. The molecule has 0 radical (unpaired) electrons. The molecule has 0 fully saturated rings. The van der Waals surface area contributed by atoms with E-state index in [9.17, 15) is 9.59 Å². The number of nitrogens with one attached hydrogen (secondary N) is 1. The second-order valence-electron chi connectivity index (χ2n) is 4.02. The van der Waals surface area contributed by atoms with Crippen LogP contribution in [-0.4, -0.2) is 18.5 Å². The summed E-state index contributed by atoms with van der Waals surface area (Å²) < 4.78 is 5.04. The third-order valence-corrected chi connectivity index (χ3v) is 2.61. The molecule has 0 bridgehead atoms. The number of rotatable bonds is 5. The summed E-state index contributed by atoms with van der Waals surface area (Å²) in [5.41, 5.74) is 1.63. The molecule has 1 N–H and O–H groups in total. The maximum Gasteiger partial charge on any atom is 0.313 e. The van der Waals surface area contributed by atoms with Gasteiger partial charge in [-0.25, -0.2) is 0 Å². The van der Waals surface area contributed by atoms with E-state index in [4.69, 9.17) is 4.74 Å². The molecule has 1 rings (SSSR count). The standard InChI is InChI=1S/C14H19NO3/c1-4-13(14(17)18-5-2)11-6-8-12(9-7-11)15-10(3)16/h6-9,13H,4-5H2,1-3H3,(H,15,16)/t13-/m0/s1. The van der Waals surface area contributed by atoms with Crippen LogP contribution in [-0.2, 0) is 14.3 Å². The lowest BCUT2D eigenvalue weighted by molar-refractivity contribution is -0.145. The van der Waals surface area contributed by atoms with E-state index in [1.54, 1.807) is 19.1 Å². The Bertz CT molecular complexity index is 412. The first-order chi connectivity index (χ1) is 8.58. The van der Waals surface area contributed by atoms with Crippen LogP contribution in [0.25, 0.3) is 0 Å². The average molecular weight is 249 g/mol. The molecule has 18 heavy (non-hydrogen) atoms. The van der Waals surface area contributed by atoms with E-state index < -0.39 is 0 Å². The van der Waals surface area contributed by atoms with E-state index in [0.29, 0.717) is 13.0 Å². The quantitative estimate of drug-likeness (QED) is 0.816. The lowest BCUT2D eigenvalue weighted by Gasteiger charge is -2.14. The number of ether oxygens (including phenoxy) is 1. The van der Waals surface area contributed by atoms with Gasteiger partial charge in [0.15, 0.2) is 0 Å². The van der Waals surface area contributed by atoms with Gasteiger partial charge in [0.2, 0.25) is 5.91 Å². The first-order valence-corrected chi connectivity index (χ1v) is 6.12. The number of benzene rings is 1. The molecule has 0 unspecified atom stereocenters.